The molecular formula is C22H30N2O3S. The maximum Gasteiger partial charge on any atom is 0.251 e. The number of anilines is 1. The van der Waals surface area contributed by atoms with E-state index >= 15 is 0 Å². The van der Waals surface area contributed by atoms with E-state index in [1.165, 1.54) is 10.6 Å². The monoisotopic (exact) mass is 402 g/mol. The zero-order valence-corrected chi connectivity index (χ0v) is 18.4. The molecule has 2 aromatic rings. The van der Waals surface area contributed by atoms with Gasteiger partial charge in [0.05, 0.1) is 18.5 Å². The van der Waals surface area contributed by atoms with Crippen molar-refractivity contribution in [2.45, 2.75) is 53.1 Å². The minimum absolute atomic E-state index is 0.131. The van der Waals surface area contributed by atoms with Crippen molar-refractivity contribution >= 4 is 21.6 Å². The van der Waals surface area contributed by atoms with Gasteiger partial charge in [0, 0.05) is 11.1 Å². The molecule has 0 saturated heterocycles. The second kappa shape index (κ2) is 8.35. The highest BCUT2D eigenvalue weighted by Gasteiger charge is 2.22. The summed E-state index contributed by atoms with van der Waals surface area (Å²) in [4.78, 5) is 12.4. The summed E-state index contributed by atoms with van der Waals surface area (Å²) < 4.78 is 26.4. The molecule has 0 spiro atoms. The van der Waals surface area contributed by atoms with Crippen LogP contribution in [-0.2, 0) is 16.6 Å². The lowest BCUT2D eigenvalue weighted by atomic mass is 10.0. The fourth-order valence-electron chi connectivity index (χ4n) is 2.96. The highest BCUT2D eigenvalue weighted by molar-refractivity contribution is 7.92. The predicted molar refractivity (Wildman–Crippen MR) is 115 cm³/mol. The lowest BCUT2D eigenvalue weighted by molar-refractivity contribution is 0.0911. The van der Waals surface area contributed by atoms with Gasteiger partial charge in [-0.25, -0.2) is 8.42 Å². The first-order valence-electron chi connectivity index (χ1n) is 9.40. The Morgan fingerprint density at radius 2 is 1.57 bits per heavy atom. The Morgan fingerprint density at radius 3 is 2.04 bits per heavy atom. The van der Waals surface area contributed by atoms with Gasteiger partial charge in [-0.2, -0.15) is 0 Å². The van der Waals surface area contributed by atoms with Gasteiger partial charge in [-0.15, -0.1) is 0 Å². The molecular weight excluding hydrogens is 372 g/mol. The number of nitrogens with one attached hydrogen (secondary N) is 1. The van der Waals surface area contributed by atoms with Gasteiger partial charge in [-0.3, -0.25) is 9.10 Å². The Hall–Kier alpha value is -2.34. The number of nitrogens with zero attached hydrogens (tertiary/aromatic N) is 1. The number of hydrogen-bond donors (Lipinski definition) is 1. The van der Waals surface area contributed by atoms with Crippen LogP contribution >= 0.6 is 0 Å². The lowest BCUT2D eigenvalue weighted by Crippen LogP contribution is -2.42. The summed E-state index contributed by atoms with van der Waals surface area (Å²) in [5.41, 5.74) is 3.62. The fraction of sp³-hybridized carbons (Fsp3) is 0.409. The smallest absolute Gasteiger partial charge is 0.251 e. The summed E-state index contributed by atoms with van der Waals surface area (Å²) >= 11 is 0. The molecule has 0 aliphatic carbocycles. The van der Waals surface area contributed by atoms with Gasteiger partial charge in [-0.05, 0) is 62.9 Å². The van der Waals surface area contributed by atoms with Gasteiger partial charge in [0.25, 0.3) is 5.91 Å². The van der Waals surface area contributed by atoms with Crippen molar-refractivity contribution in [3.05, 3.63) is 64.7 Å². The summed E-state index contributed by atoms with van der Waals surface area (Å²) in [5.74, 6) is -0.131. The lowest BCUT2D eigenvalue weighted by Gasteiger charge is -2.26. The number of rotatable bonds is 7. The molecule has 0 aliphatic heterocycles. The predicted octanol–water partition coefficient (Wildman–Crippen LogP) is 4.19. The topological polar surface area (TPSA) is 66.5 Å². The molecule has 0 aromatic heterocycles. The van der Waals surface area contributed by atoms with Crippen LogP contribution in [0.25, 0.3) is 0 Å². The average Bonchev–Trinajstić information content (AvgIpc) is 2.60. The van der Waals surface area contributed by atoms with E-state index in [0.29, 0.717) is 11.3 Å². The Labute approximate surface area is 168 Å². The van der Waals surface area contributed by atoms with Crippen molar-refractivity contribution < 1.29 is 13.2 Å². The van der Waals surface area contributed by atoms with Crippen LogP contribution in [0.1, 0.15) is 54.2 Å². The Kier molecular flexibility index (Phi) is 6.55. The minimum atomic E-state index is -3.46. The first kappa shape index (κ1) is 22.0. The maximum absolute atomic E-state index is 12.5. The number of hydrogen-bond acceptors (Lipinski definition) is 3. The number of benzene rings is 2. The van der Waals surface area contributed by atoms with Crippen molar-refractivity contribution in [2.75, 3.05) is 10.6 Å². The van der Waals surface area contributed by atoms with E-state index in [-0.39, 0.29) is 18.0 Å². The summed E-state index contributed by atoms with van der Waals surface area (Å²) in [6, 6.07) is 12.8. The minimum Gasteiger partial charge on any atom is -0.347 e. The molecule has 0 unspecified atom stereocenters. The van der Waals surface area contributed by atoms with E-state index in [1.54, 1.807) is 24.3 Å². The summed E-state index contributed by atoms with van der Waals surface area (Å²) in [7, 11) is -3.46. The van der Waals surface area contributed by atoms with E-state index in [4.69, 9.17) is 0 Å². The van der Waals surface area contributed by atoms with Crippen LogP contribution < -0.4 is 9.62 Å². The molecule has 0 radical (unpaired) electrons. The number of carbonyl (C=O) groups is 1. The first-order valence-corrected chi connectivity index (χ1v) is 11.2. The maximum atomic E-state index is 12.5. The molecule has 0 atom stereocenters. The number of amides is 1. The van der Waals surface area contributed by atoms with E-state index < -0.39 is 10.0 Å². The van der Waals surface area contributed by atoms with Crippen LogP contribution in [0.5, 0.6) is 0 Å². The highest BCUT2D eigenvalue weighted by atomic mass is 32.2. The van der Waals surface area contributed by atoms with Gasteiger partial charge < -0.3 is 5.32 Å². The third-order valence-electron chi connectivity index (χ3n) is 4.97. The molecule has 1 N–H and O–H groups in total. The van der Waals surface area contributed by atoms with Crippen molar-refractivity contribution in [1.82, 2.24) is 5.32 Å². The van der Waals surface area contributed by atoms with Gasteiger partial charge in [0.2, 0.25) is 10.0 Å². The van der Waals surface area contributed by atoms with Crippen LogP contribution in [0.3, 0.4) is 0 Å². The quantitative estimate of drug-likeness (QED) is 0.755. The number of aryl methyl sites for hydroxylation is 2. The van der Waals surface area contributed by atoms with Crippen molar-refractivity contribution in [1.29, 1.82) is 0 Å². The van der Waals surface area contributed by atoms with E-state index in [0.717, 1.165) is 23.1 Å². The number of carbonyl (C=O) groups excluding carboxylic acids is 1. The first-order chi connectivity index (χ1) is 12.9. The normalized spacial score (nSPS) is 11.9. The molecule has 2 aromatic carbocycles. The molecule has 2 rings (SSSR count). The molecule has 5 nitrogen and oxygen atoms in total. The molecule has 28 heavy (non-hydrogen) atoms. The zero-order chi connectivity index (χ0) is 21.1. The molecule has 0 saturated carbocycles. The van der Waals surface area contributed by atoms with Gasteiger partial charge in [-0.1, -0.05) is 37.3 Å². The summed E-state index contributed by atoms with van der Waals surface area (Å²) in [6.07, 6.45) is 2.05. The SMILES string of the molecule is CCC(C)(C)NC(=O)c1ccc(CN(c2c(C)cccc2C)S(C)(=O)=O)cc1. The van der Waals surface area contributed by atoms with Crippen molar-refractivity contribution in [3.8, 4) is 0 Å². The fourth-order valence-corrected chi connectivity index (χ4v) is 3.96. The van der Waals surface area contributed by atoms with Gasteiger partial charge in [0.15, 0.2) is 0 Å². The van der Waals surface area contributed by atoms with Crippen LogP contribution in [0.2, 0.25) is 0 Å². The van der Waals surface area contributed by atoms with E-state index in [9.17, 15) is 13.2 Å². The highest BCUT2D eigenvalue weighted by Crippen LogP contribution is 2.28. The van der Waals surface area contributed by atoms with Crippen LogP contribution in [0.4, 0.5) is 5.69 Å². The Bertz CT molecular complexity index is 928. The summed E-state index contributed by atoms with van der Waals surface area (Å²) in [6.45, 7) is 10.0. The van der Waals surface area contributed by atoms with Crippen molar-refractivity contribution in [3.63, 3.8) is 0 Å². The molecule has 0 heterocycles. The average molecular weight is 403 g/mol. The number of sulfonamides is 1. The molecule has 6 heteroatoms. The molecule has 1 amide bonds. The van der Waals surface area contributed by atoms with Crippen LogP contribution in [-0.4, -0.2) is 26.1 Å². The zero-order valence-electron chi connectivity index (χ0n) is 17.5. The van der Waals surface area contributed by atoms with Gasteiger partial charge >= 0.3 is 0 Å². The standard InChI is InChI=1S/C22H30N2O3S/c1-7-22(4,5)23-21(25)19-13-11-18(12-14-19)15-24(28(6,26)27)20-16(2)9-8-10-17(20)3/h8-14H,7,15H2,1-6H3,(H,23,25). The summed E-state index contributed by atoms with van der Waals surface area (Å²) in [5, 5.41) is 3.00. The van der Waals surface area contributed by atoms with E-state index in [1.807, 2.05) is 52.8 Å². The second-order valence-corrected chi connectivity index (χ2v) is 9.81. The van der Waals surface area contributed by atoms with E-state index in [2.05, 4.69) is 5.32 Å². The molecule has 152 valence electrons. The van der Waals surface area contributed by atoms with Gasteiger partial charge in [0.1, 0.15) is 0 Å². The molecule has 0 aliphatic rings. The third kappa shape index (κ3) is 5.35. The Balaban J connectivity index is 2.29. The molecule has 0 bridgehead atoms. The second-order valence-electron chi connectivity index (χ2n) is 7.90. The van der Waals surface area contributed by atoms with Crippen LogP contribution in [0.15, 0.2) is 42.5 Å². The van der Waals surface area contributed by atoms with Crippen LogP contribution in [0, 0.1) is 13.8 Å². The molecule has 0 fully saturated rings. The van der Waals surface area contributed by atoms with Crippen molar-refractivity contribution in [2.24, 2.45) is 0 Å². The number of para-hydroxylation sites is 1. The Morgan fingerprint density at radius 1 is 1.04 bits per heavy atom. The largest absolute Gasteiger partial charge is 0.347 e. The third-order valence-corrected chi connectivity index (χ3v) is 6.08.